The molecule has 0 unspecified atom stereocenters. The predicted octanol–water partition coefficient (Wildman–Crippen LogP) is 2.25. The van der Waals surface area contributed by atoms with E-state index in [0.29, 0.717) is 23.0 Å². The molecule has 0 bridgehead atoms. The van der Waals surface area contributed by atoms with Gasteiger partial charge in [0.1, 0.15) is 0 Å². The number of nitrogens with zero attached hydrogens (tertiary/aromatic N) is 1. The Morgan fingerprint density at radius 3 is 2.89 bits per heavy atom. The van der Waals surface area contributed by atoms with Gasteiger partial charge >= 0.3 is 0 Å². The number of rotatable bonds is 3. The summed E-state index contributed by atoms with van der Waals surface area (Å²) in [6.07, 6.45) is 4.58. The van der Waals surface area contributed by atoms with Gasteiger partial charge in [0.2, 0.25) is 5.95 Å². The van der Waals surface area contributed by atoms with Crippen molar-refractivity contribution >= 4 is 23.3 Å². The molecule has 5 heteroatoms. The van der Waals surface area contributed by atoms with E-state index < -0.39 is 0 Å². The van der Waals surface area contributed by atoms with Gasteiger partial charge < -0.3 is 15.6 Å². The molecular weight excluding hydrogens is 244 g/mol. The van der Waals surface area contributed by atoms with Gasteiger partial charge in [0, 0.05) is 24.4 Å². The fourth-order valence-corrected chi connectivity index (χ4v) is 2.32. The summed E-state index contributed by atoms with van der Waals surface area (Å²) < 4.78 is 0. The third-order valence-corrected chi connectivity index (χ3v) is 3.28. The van der Waals surface area contributed by atoms with Crippen molar-refractivity contribution in [3.05, 3.63) is 48.3 Å². The number of imidazole rings is 1. The maximum Gasteiger partial charge on any atom is 0.206 e. The number of anilines is 1. The molecule has 2 aromatic rings. The molecule has 92 valence electrons. The third kappa shape index (κ3) is 2.51. The standard InChI is InChI=1S/C13H14N4S/c18-13(17-12-14-6-7-15-12)16-11-8-10(11)9-4-2-1-3-5-9/h1-7,10-11H,8H2,(H3,14,15,16,17,18)/t10-,11-/m1/s1. The van der Waals surface area contributed by atoms with E-state index in [-0.39, 0.29) is 0 Å². The Balaban J connectivity index is 1.52. The average molecular weight is 258 g/mol. The van der Waals surface area contributed by atoms with E-state index in [1.165, 1.54) is 5.56 Å². The fourth-order valence-electron chi connectivity index (χ4n) is 2.07. The van der Waals surface area contributed by atoms with Crippen molar-refractivity contribution in [3.8, 4) is 0 Å². The number of hydrogen-bond donors (Lipinski definition) is 3. The zero-order valence-corrected chi connectivity index (χ0v) is 10.6. The first kappa shape index (κ1) is 11.2. The number of aromatic amines is 1. The van der Waals surface area contributed by atoms with Gasteiger partial charge in [-0.3, -0.25) is 0 Å². The van der Waals surface area contributed by atoms with E-state index in [1.807, 2.05) is 6.07 Å². The van der Waals surface area contributed by atoms with Crippen LogP contribution in [0.5, 0.6) is 0 Å². The molecular formula is C13H14N4S. The molecule has 0 aliphatic heterocycles. The zero-order chi connectivity index (χ0) is 12.4. The van der Waals surface area contributed by atoms with Crippen molar-refractivity contribution in [1.82, 2.24) is 15.3 Å². The lowest BCUT2D eigenvalue weighted by atomic mass is 10.1. The van der Waals surface area contributed by atoms with Gasteiger partial charge in [-0.2, -0.15) is 0 Å². The molecule has 0 amide bonds. The molecule has 1 fully saturated rings. The van der Waals surface area contributed by atoms with Crippen LogP contribution in [-0.2, 0) is 0 Å². The molecule has 0 spiro atoms. The molecule has 4 nitrogen and oxygen atoms in total. The molecule has 1 aromatic carbocycles. The first-order valence-corrected chi connectivity index (χ1v) is 6.35. The molecule has 3 N–H and O–H groups in total. The highest BCUT2D eigenvalue weighted by molar-refractivity contribution is 7.80. The predicted molar refractivity (Wildman–Crippen MR) is 75.5 cm³/mol. The number of aromatic nitrogens is 2. The lowest BCUT2D eigenvalue weighted by Gasteiger charge is -2.08. The summed E-state index contributed by atoms with van der Waals surface area (Å²) in [4.78, 5) is 7.02. The van der Waals surface area contributed by atoms with Gasteiger partial charge in [0.25, 0.3) is 0 Å². The Morgan fingerprint density at radius 1 is 1.33 bits per heavy atom. The van der Waals surface area contributed by atoms with Crippen molar-refractivity contribution in [2.75, 3.05) is 5.32 Å². The molecule has 1 saturated carbocycles. The fraction of sp³-hybridized carbons (Fsp3) is 0.231. The van der Waals surface area contributed by atoms with Crippen LogP contribution in [0.2, 0.25) is 0 Å². The SMILES string of the molecule is S=C(Nc1ncc[nH]1)N[C@@H]1C[C@@H]1c1ccccc1. The van der Waals surface area contributed by atoms with Crippen LogP contribution in [0.1, 0.15) is 17.9 Å². The van der Waals surface area contributed by atoms with E-state index in [1.54, 1.807) is 12.4 Å². The molecule has 18 heavy (non-hydrogen) atoms. The molecule has 1 aliphatic rings. The molecule has 1 heterocycles. The van der Waals surface area contributed by atoms with E-state index >= 15 is 0 Å². The summed E-state index contributed by atoms with van der Waals surface area (Å²) in [5.41, 5.74) is 1.37. The second-order valence-corrected chi connectivity index (χ2v) is 4.80. The van der Waals surface area contributed by atoms with E-state index in [4.69, 9.17) is 12.2 Å². The van der Waals surface area contributed by atoms with Crippen molar-refractivity contribution in [3.63, 3.8) is 0 Å². The van der Waals surface area contributed by atoms with Crippen LogP contribution in [0.3, 0.4) is 0 Å². The van der Waals surface area contributed by atoms with Crippen molar-refractivity contribution in [1.29, 1.82) is 0 Å². The van der Waals surface area contributed by atoms with Gasteiger partial charge in [-0.15, -0.1) is 0 Å². The summed E-state index contributed by atoms with van der Waals surface area (Å²) in [6, 6.07) is 10.9. The quantitative estimate of drug-likeness (QED) is 0.739. The lowest BCUT2D eigenvalue weighted by Crippen LogP contribution is -2.31. The summed E-state index contributed by atoms with van der Waals surface area (Å²) in [5, 5.41) is 6.94. The highest BCUT2D eigenvalue weighted by atomic mass is 32.1. The van der Waals surface area contributed by atoms with E-state index in [2.05, 4.69) is 44.9 Å². The minimum atomic E-state index is 0.433. The van der Waals surface area contributed by atoms with Crippen LogP contribution in [0, 0.1) is 0 Å². The Bertz CT molecular complexity index is 523. The first-order chi connectivity index (χ1) is 8.83. The first-order valence-electron chi connectivity index (χ1n) is 5.95. The number of hydrogen-bond acceptors (Lipinski definition) is 2. The van der Waals surface area contributed by atoms with Crippen LogP contribution in [-0.4, -0.2) is 21.1 Å². The normalized spacial score (nSPS) is 21.3. The van der Waals surface area contributed by atoms with Crippen molar-refractivity contribution < 1.29 is 0 Å². The van der Waals surface area contributed by atoms with Crippen LogP contribution < -0.4 is 10.6 Å². The maximum atomic E-state index is 5.24. The minimum Gasteiger partial charge on any atom is -0.359 e. The number of benzene rings is 1. The summed E-state index contributed by atoms with van der Waals surface area (Å²) in [5.74, 6) is 1.24. The van der Waals surface area contributed by atoms with Crippen molar-refractivity contribution in [2.45, 2.75) is 18.4 Å². The minimum absolute atomic E-state index is 0.433. The molecule has 0 radical (unpaired) electrons. The van der Waals surface area contributed by atoms with Gasteiger partial charge in [-0.1, -0.05) is 30.3 Å². The lowest BCUT2D eigenvalue weighted by molar-refractivity contribution is 0.876. The second-order valence-electron chi connectivity index (χ2n) is 4.40. The molecule has 1 aromatic heterocycles. The van der Waals surface area contributed by atoms with Crippen LogP contribution in [0.4, 0.5) is 5.95 Å². The van der Waals surface area contributed by atoms with Crippen LogP contribution >= 0.6 is 12.2 Å². The Morgan fingerprint density at radius 2 is 2.17 bits per heavy atom. The summed E-state index contributed by atoms with van der Waals surface area (Å²) >= 11 is 5.24. The second kappa shape index (κ2) is 4.78. The number of thiocarbonyl (C=S) groups is 1. The van der Waals surface area contributed by atoms with Crippen LogP contribution in [0.25, 0.3) is 0 Å². The maximum absolute atomic E-state index is 5.24. The topological polar surface area (TPSA) is 52.7 Å². The highest BCUT2D eigenvalue weighted by Gasteiger charge is 2.38. The highest BCUT2D eigenvalue weighted by Crippen LogP contribution is 2.40. The van der Waals surface area contributed by atoms with Crippen molar-refractivity contribution in [2.24, 2.45) is 0 Å². The Hall–Kier alpha value is -1.88. The average Bonchev–Trinajstić information content (AvgIpc) is 2.95. The zero-order valence-electron chi connectivity index (χ0n) is 9.76. The summed E-state index contributed by atoms with van der Waals surface area (Å²) in [6.45, 7) is 0. The van der Waals surface area contributed by atoms with Gasteiger partial charge in [0.05, 0.1) is 0 Å². The molecule has 2 atom stereocenters. The van der Waals surface area contributed by atoms with Gasteiger partial charge in [-0.25, -0.2) is 4.98 Å². The third-order valence-electron chi connectivity index (χ3n) is 3.06. The molecule has 1 aliphatic carbocycles. The van der Waals surface area contributed by atoms with Gasteiger partial charge in [0.15, 0.2) is 5.11 Å². The van der Waals surface area contributed by atoms with Gasteiger partial charge in [-0.05, 0) is 24.2 Å². The summed E-state index contributed by atoms with van der Waals surface area (Å²) in [7, 11) is 0. The largest absolute Gasteiger partial charge is 0.359 e. The Kier molecular flexibility index (Phi) is 2.98. The van der Waals surface area contributed by atoms with E-state index in [0.717, 1.165) is 6.42 Å². The number of nitrogens with one attached hydrogen (secondary N) is 3. The number of H-pyrrole nitrogens is 1. The van der Waals surface area contributed by atoms with E-state index in [9.17, 15) is 0 Å². The van der Waals surface area contributed by atoms with Crippen LogP contribution in [0.15, 0.2) is 42.7 Å². The molecule has 0 saturated heterocycles. The smallest absolute Gasteiger partial charge is 0.206 e. The monoisotopic (exact) mass is 258 g/mol. The molecule has 3 rings (SSSR count). The Labute approximate surface area is 111 Å².